The average Bonchev–Trinajstić information content (AvgIpc) is 2.53. The van der Waals surface area contributed by atoms with Crippen molar-refractivity contribution < 1.29 is 13.5 Å². The Balaban J connectivity index is 2.23. The number of nitrogens with zero attached hydrogens (tertiary/aromatic N) is 2. The predicted molar refractivity (Wildman–Crippen MR) is 75.7 cm³/mol. The van der Waals surface area contributed by atoms with Crippen molar-refractivity contribution in [2.24, 2.45) is 0 Å². The lowest BCUT2D eigenvalue weighted by atomic mass is 10.0. The fraction of sp³-hybridized carbons (Fsp3) is 0.125. The van der Waals surface area contributed by atoms with Gasteiger partial charge in [0.15, 0.2) is 6.10 Å². The van der Waals surface area contributed by atoms with E-state index in [-0.39, 0.29) is 17.0 Å². The summed E-state index contributed by atoms with van der Waals surface area (Å²) in [5.74, 6) is 0.220. The topological polar surface area (TPSA) is 55.0 Å². The highest BCUT2D eigenvalue weighted by atomic mass is 19.3. The Kier molecular flexibility index (Phi) is 3.47. The van der Waals surface area contributed by atoms with Crippen LogP contribution in [0.25, 0.3) is 5.70 Å². The molecule has 4 nitrogen and oxygen atoms in total. The molecule has 3 rings (SSSR count). The Morgan fingerprint density at radius 1 is 1.27 bits per heavy atom. The summed E-state index contributed by atoms with van der Waals surface area (Å²) in [5.41, 5.74) is 0.725. The minimum Gasteiger partial charge on any atom is -0.480 e. The third kappa shape index (κ3) is 2.37. The fourth-order valence-electron chi connectivity index (χ4n) is 2.29. The molecule has 0 spiro atoms. The molecule has 1 unspecified atom stereocenters. The third-order valence-electron chi connectivity index (χ3n) is 3.30. The summed E-state index contributed by atoms with van der Waals surface area (Å²) < 4.78 is 32.6. The Labute approximate surface area is 124 Å². The molecule has 22 heavy (non-hydrogen) atoms. The molecular weight excluding hydrogens is 290 g/mol. The van der Waals surface area contributed by atoms with Gasteiger partial charge in [-0.25, -0.2) is 8.78 Å². The summed E-state index contributed by atoms with van der Waals surface area (Å²) >= 11 is 0. The van der Waals surface area contributed by atoms with E-state index in [1.54, 1.807) is 12.1 Å². The number of hydrogen-bond acceptors (Lipinski definition) is 3. The number of rotatable bonds is 2. The smallest absolute Gasteiger partial charge is 0.278 e. The number of halogens is 2. The standard InChI is InChI=1S/C16H10F2N2O2/c17-16(18)14-8-12(20-6-2-1-3-15(20)21)11-7-10(9-19)4-5-13(11)22-14/h1-8,14,16H. The number of pyridine rings is 1. The van der Waals surface area contributed by atoms with E-state index in [1.165, 1.54) is 41.1 Å². The molecule has 1 atom stereocenters. The first-order valence-corrected chi connectivity index (χ1v) is 6.49. The molecule has 2 aromatic rings. The Morgan fingerprint density at radius 3 is 2.77 bits per heavy atom. The molecule has 1 aromatic carbocycles. The number of fused-ring (bicyclic) bond motifs is 1. The molecule has 6 heteroatoms. The minimum absolute atomic E-state index is 0.220. The van der Waals surface area contributed by atoms with Crippen molar-refractivity contribution in [3.63, 3.8) is 0 Å². The number of hydrogen-bond donors (Lipinski definition) is 0. The Morgan fingerprint density at radius 2 is 2.09 bits per heavy atom. The van der Waals surface area contributed by atoms with Gasteiger partial charge in [0.2, 0.25) is 0 Å². The molecule has 0 N–H and O–H groups in total. The zero-order chi connectivity index (χ0) is 15.7. The van der Waals surface area contributed by atoms with Crippen LogP contribution >= 0.6 is 0 Å². The maximum atomic E-state index is 13.0. The van der Waals surface area contributed by atoms with Crippen molar-refractivity contribution in [3.8, 4) is 11.8 Å². The molecule has 0 bridgehead atoms. The lowest BCUT2D eigenvalue weighted by molar-refractivity contribution is 0.0370. The molecule has 0 fully saturated rings. The Bertz CT molecular complexity index is 850. The van der Waals surface area contributed by atoms with Crippen molar-refractivity contribution in [1.29, 1.82) is 5.26 Å². The number of nitriles is 1. The lowest BCUT2D eigenvalue weighted by Gasteiger charge is -2.25. The van der Waals surface area contributed by atoms with Crippen molar-refractivity contribution in [2.75, 3.05) is 0 Å². The van der Waals surface area contributed by atoms with Gasteiger partial charge in [-0.1, -0.05) is 6.07 Å². The van der Waals surface area contributed by atoms with E-state index in [9.17, 15) is 13.6 Å². The van der Waals surface area contributed by atoms with Crippen LogP contribution in [0.5, 0.6) is 5.75 Å². The highest BCUT2D eigenvalue weighted by molar-refractivity contribution is 5.74. The first-order valence-electron chi connectivity index (χ1n) is 6.49. The predicted octanol–water partition coefficient (Wildman–Crippen LogP) is 2.64. The summed E-state index contributed by atoms with van der Waals surface area (Å²) in [5, 5.41) is 8.99. The average molecular weight is 300 g/mol. The quantitative estimate of drug-likeness (QED) is 0.856. The minimum atomic E-state index is -2.72. The van der Waals surface area contributed by atoms with Gasteiger partial charge >= 0.3 is 0 Å². The molecule has 0 saturated carbocycles. The summed E-state index contributed by atoms with van der Waals surface area (Å²) in [6, 6.07) is 11.0. The zero-order valence-corrected chi connectivity index (χ0v) is 11.2. The molecule has 0 radical (unpaired) electrons. The molecule has 110 valence electrons. The van der Waals surface area contributed by atoms with Gasteiger partial charge in [-0.3, -0.25) is 9.36 Å². The summed E-state index contributed by atoms with van der Waals surface area (Å²) in [4.78, 5) is 12.0. The lowest BCUT2D eigenvalue weighted by Crippen LogP contribution is -2.29. The van der Waals surface area contributed by atoms with Crippen LogP contribution in [0.2, 0.25) is 0 Å². The van der Waals surface area contributed by atoms with Crippen LogP contribution < -0.4 is 10.3 Å². The van der Waals surface area contributed by atoms with Crippen molar-refractivity contribution in [2.45, 2.75) is 12.5 Å². The van der Waals surface area contributed by atoms with E-state index in [1.807, 2.05) is 6.07 Å². The maximum absolute atomic E-state index is 13.0. The second kappa shape index (κ2) is 5.45. The number of aromatic nitrogens is 1. The van der Waals surface area contributed by atoms with Crippen LogP contribution in [0.3, 0.4) is 0 Å². The van der Waals surface area contributed by atoms with Gasteiger partial charge in [0.05, 0.1) is 17.3 Å². The van der Waals surface area contributed by atoms with E-state index in [0.717, 1.165) is 0 Å². The number of benzene rings is 1. The van der Waals surface area contributed by atoms with Gasteiger partial charge < -0.3 is 4.74 Å². The Hall–Kier alpha value is -2.94. The van der Waals surface area contributed by atoms with Crippen molar-refractivity contribution >= 4 is 5.70 Å². The molecule has 0 aliphatic carbocycles. The first-order chi connectivity index (χ1) is 10.6. The van der Waals surface area contributed by atoms with E-state index in [4.69, 9.17) is 10.00 Å². The summed E-state index contributed by atoms with van der Waals surface area (Å²) in [6.07, 6.45) is -1.47. The number of ether oxygens (including phenoxy) is 1. The highest BCUT2D eigenvalue weighted by Crippen LogP contribution is 2.34. The van der Waals surface area contributed by atoms with Crippen molar-refractivity contribution in [1.82, 2.24) is 4.57 Å². The summed E-state index contributed by atoms with van der Waals surface area (Å²) in [6.45, 7) is 0. The van der Waals surface area contributed by atoms with Gasteiger partial charge in [-0.2, -0.15) is 5.26 Å². The van der Waals surface area contributed by atoms with Gasteiger partial charge in [0, 0.05) is 17.8 Å². The molecule has 1 aromatic heterocycles. The molecule has 0 amide bonds. The molecule has 1 aliphatic rings. The van der Waals surface area contributed by atoms with Gasteiger partial charge in [-0.05, 0) is 30.3 Å². The fourth-order valence-corrected chi connectivity index (χ4v) is 2.29. The monoisotopic (exact) mass is 300 g/mol. The van der Waals surface area contributed by atoms with E-state index >= 15 is 0 Å². The normalized spacial score (nSPS) is 16.5. The van der Waals surface area contributed by atoms with Crippen LogP contribution in [-0.4, -0.2) is 17.1 Å². The van der Waals surface area contributed by atoms with Crippen LogP contribution in [0.15, 0.2) is 53.5 Å². The summed E-state index contributed by atoms with van der Waals surface area (Å²) in [7, 11) is 0. The van der Waals surface area contributed by atoms with Gasteiger partial charge in [-0.15, -0.1) is 0 Å². The van der Waals surface area contributed by atoms with Crippen LogP contribution in [0.1, 0.15) is 11.1 Å². The molecular formula is C16H10F2N2O2. The van der Waals surface area contributed by atoms with Crippen LogP contribution in [0.4, 0.5) is 8.78 Å². The molecule has 2 heterocycles. The molecule has 1 aliphatic heterocycles. The SMILES string of the molecule is N#Cc1ccc2c(c1)C(n1ccccc1=O)=CC(C(F)F)O2. The second-order valence-electron chi connectivity index (χ2n) is 4.70. The largest absolute Gasteiger partial charge is 0.480 e. The van der Waals surface area contributed by atoms with Crippen LogP contribution in [0, 0.1) is 11.3 Å². The third-order valence-corrected chi connectivity index (χ3v) is 3.30. The highest BCUT2D eigenvalue weighted by Gasteiger charge is 2.28. The molecule has 0 saturated heterocycles. The van der Waals surface area contributed by atoms with E-state index in [2.05, 4.69) is 0 Å². The zero-order valence-electron chi connectivity index (χ0n) is 11.2. The number of alkyl halides is 2. The second-order valence-corrected chi connectivity index (χ2v) is 4.70. The van der Waals surface area contributed by atoms with Crippen molar-refractivity contribution in [3.05, 3.63) is 70.2 Å². The van der Waals surface area contributed by atoms with E-state index in [0.29, 0.717) is 11.1 Å². The van der Waals surface area contributed by atoms with E-state index < -0.39 is 12.5 Å². The van der Waals surface area contributed by atoms with Gasteiger partial charge in [0.1, 0.15) is 5.75 Å². The van der Waals surface area contributed by atoms with Gasteiger partial charge in [0.25, 0.3) is 12.0 Å². The van der Waals surface area contributed by atoms with Crippen LogP contribution in [-0.2, 0) is 0 Å². The maximum Gasteiger partial charge on any atom is 0.278 e. The first kappa shape index (κ1) is 14.0.